The summed E-state index contributed by atoms with van der Waals surface area (Å²) in [6, 6.07) is 4.84. The number of piperidine rings is 1. The van der Waals surface area contributed by atoms with Crippen molar-refractivity contribution in [2.45, 2.75) is 32.5 Å². The van der Waals surface area contributed by atoms with Gasteiger partial charge in [-0.2, -0.15) is 18.2 Å². The fourth-order valence-electron chi connectivity index (χ4n) is 4.33. The van der Waals surface area contributed by atoms with E-state index in [1.165, 1.54) is 0 Å². The quantitative estimate of drug-likeness (QED) is 0.401. The normalized spacial score (nSPS) is 20.6. The second-order valence-corrected chi connectivity index (χ2v) is 9.62. The summed E-state index contributed by atoms with van der Waals surface area (Å²) in [5.41, 5.74) is -2.15. The molecule has 2 aromatic carbocycles. The fraction of sp³-hybridized carbons (Fsp3) is 0.300. The molecule has 1 fully saturated rings. The predicted octanol–water partition coefficient (Wildman–Crippen LogP) is 0.469. The minimum absolute atomic E-state index is 0.0558. The van der Waals surface area contributed by atoms with Crippen molar-refractivity contribution in [3.05, 3.63) is 59.9 Å². The van der Waals surface area contributed by atoms with E-state index in [4.69, 9.17) is 78.5 Å². The highest BCUT2D eigenvalue weighted by Gasteiger charge is 2.64. The predicted molar refractivity (Wildman–Crippen MR) is 150 cm³/mol. The molecule has 20 radical (unpaired) electrons. The van der Waals surface area contributed by atoms with Crippen LogP contribution in [0.15, 0.2) is 42.7 Å². The highest BCUT2D eigenvalue weighted by Crippen LogP contribution is 2.69. The Morgan fingerprint density at radius 1 is 0.675 bits per heavy atom. The summed E-state index contributed by atoms with van der Waals surface area (Å²) >= 11 is 0. The van der Waals surface area contributed by atoms with E-state index in [0.29, 0.717) is 23.1 Å². The molecule has 0 unspecified atom stereocenters. The van der Waals surface area contributed by atoms with E-state index >= 15 is 0 Å². The number of nitrogens with zero attached hydrogens (tertiary/aromatic N) is 4. The van der Waals surface area contributed by atoms with Crippen molar-refractivity contribution in [2.24, 2.45) is 0 Å². The molecule has 0 amide bonds. The van der Waals surface area contributed by atoms with Gasteiger partial charge in [0, 0.05) is 17.4 Å². The second-order valence-electron chi connectivity index (χ2n) is 9.62. The molecule has 1 saturated heterocycles. The van der Waals surface area contributed by atoms with Gasteiger partial charge >= 0.3 is 6.18 Å². The van der Waals surface area contributed by atoms with Crippen LogP contribution in [0.2, 0.25) is 15.6 Å². The lowest BCUT2D eigenvalue weighted by molar-refractivity contribution is -0.137. The fourth-order valence-corrected chi connectivity index (χ4v) is 4.33. The minimum atomic E-state index is -4.94. The van der Waals surface area contributed by atoms with E-state index in [1.54, 1.807) is 0 Å². The van der Waals surface area contributed by atoms with Gasteiger partial charge in [0.25, 0.3) is 0 Å². The van der Waals surface area contributed by atoms with Gasteiger partial charge in [-0.15, -0.1) is 20.7 Å². The van der Waals surface area contributed by atoms with Crippen LogP contribution < -0.4 is 10.2 Å². The Morgan fingerprint density at radius 2 is 1.20 bits per heavy atom. The smallest absolute Gasteiger partial charge is 0.397 e. The largest absolute Gasteiger partial charge is 0.416 e. The molecule has 3 aromatic rings. The Kier molecular flexibility index (Phi) is 7.03. The van der Waals surface area contributed by atoms with Crippen LogP contribution in [0.5, 0.6) is 0 Å². The number of hydrogen-bond donors (Lipinski definition) is 1. The van der Waals surface area contributed by atoms with Gasteiger partial charge in [-0.3, -0.25) is 0 Å². The van der Waals surface area contributed by atoms with Crippen LogP contribution in [-0.2, 0) is 6.18 Å². The molecule has 1 aromatic heterocycles. The number of aromatic nitrogens is 3. The monoisotopic (exact) mass is 523 g/mol. The van der Waals surface area contributed by atoms with Crippen molar-refractivity contribution < 1.29 is 22.0 Å². The van der Waals surface area contributed by atoms with Gasteiger partial charge in [0.15, 0.2) is 0 Å². The van der Waals surface area contributed by atoms with Crippen molar-refractivity contribution in [3.8, 4) is 5.69 Å². The van der Waals surface area contributed by atoms with E-state index < -0.39 is 55.4 Å². The SMILES string of the molecule is [B]C1([B])N(c2cc(Nc3ncn(-c4cc(F)cc(F)c4)n3)cc(C(F)(F)F)c2)C([B])([B])C([B])([B])C([B])([B])C1([B])[B]. The van der Waals surface area contributed by atoms with Crippen LogP contribution in [0.3, 0.4) is 0 Å². The molecule has 40 heavy (non-hydrogen) atoms. The van der Waals surface area contributed by atoms with Crippen LogP contribution >= 0.6 is 0 Å². The van der Waals surface area contributed by atoms with Gasteiger partial charge in [-0.1, -0.05) is 0 Å². The Bertz CT molecular complexity index is 1410. The third-order valence-electron chi connectivity index (χ3n) is 6.80. The summed E-state index contributed by atoms with van der Waals surface area (Å²) in [4.78, 5) is 4.46. The first-order valence-electron chi connectivity index (χ1n) is 11.1. The molecule has 1 aliphatic heterocycles. The number of nitrogens with one attached hydrogen (secondary N) is 1. The molecule has 178 valence electrons. The van der Waals surface area contributed by atoms with E-state index in [2.05, 4.69) is 15.4 Å². The molecule has 0 atom stereocenters. The third-order valence-corrected chi connectivity index (χ3v) is 6.80. The average Bonchev–Trinajstić information content (AvgIpc) is 3.25. The van der Waals surface area contributed by atoms with Crippen molar-refractivity contribution in [1.29, 1.82) is 0 Å². The average molecular weight is 521 g/mol. The van der Waals surface area contributed by atoms with E-state index in [9.17, 15) is 22.0 Å². The summed E-state index contributed by atoms with van der Waals surface area (Å²) in [5, 5.41) is -6.63. The van der Waals surface area contributed by atoms with Gasteiger partial charge in [0.1, 0.15) is 18.0 Å². The molecular weight excluding hydrogens is 513 g/mol. The van der Waals surface area contributed by atoms with Crippen LogP contribution in [0.1, 0.15) is 5.56 Å². The van der Waals surface area contributed by atoms with E-state index in [0.717, 1.165) is 29.2 Å². The summed E-state index contributed by atoms with van der Waals surface area (Å²) in [7, 11) is 61.0. The summed E-state index contributed by atoms with van der Waals surface area (Å²) < 4.78 is 70.0. The molecule has 2 heterocycles. The zero-order valence-electron chi connectivity index (χ0n) is 20.5. The number of halogens is 5. The molecule has 1 aliphatic rings. The topological polar surface area (TPSA) is 46.0 Å². The van der Waals surface area contributed by atoms with Gasteiger partial charge in [0.05, 0.1) is 89.7 Å². The van der Waals surface area contributed by atoms with Crippen molar-refractivity contribution in [3.63, 3.8) is 0 Å². The van der Waals surface area contributed by atoms with Gasteiger partial charge in [0.2, 0.25) is 5.95 Å². The summed E-state index contributed by atoms with van der Waals surface area (Å²) in [6.07, 6.45) is -3.88. The lowest BCUT2D eigenvalue weighted by atomic mass is 9.05. The van der Waals surface area contributed by atoms with Crippen LogP contribution in [0.25, 0.3) is 5.69 Å². The maximum atomic E-state index is 14.0. The highest BCUT2D eigenvalue weighted by molar-refractivity contribution is 6.71. The Balaban J connectivity index is 1.84. The van der Waals surface area contributed by atoms with Crippen LogP contribution in [0.4, 0.5) is 39.3 Å². The number of rotatable bonds is 4. The molecule has 5 nitrogen and oxygen atoms in total. The van der Waals surface area contributed by atoms with Crippen LogP contribution in [0, 0.1) is 11.6 Å². The minimum Gasteiger partial charge on any atom is -0.397 e. The molecule has 0 aliphatic carbocycles. The van der Waals surface area contributed by atoms with Gasteiger partial charge < -0.3 is 10.2 Å². The summed E-state index contributed by atoms with van der Waals surface area (Å²) in [5.74, 6) is -2.07. The lowest BCUT2D eigenvalue weighted by Gasteiger charge is -2.79. The number of benzene rings is 2. The van der Waals surface area contributed by atoms with Crippen molar-refractivity contribution in [1.82, 2.24) is 14.8 Å². The summed E-state index contributed by atoms with van der Waals surface area (Å²) in [6.45, 7) is 0. The maximum absolute atomic E-state index is 14.0. The molecular formula is C20H8B10F5N5. The maximum Gasteiger partial charge on any atom is 0.416 e. The zero-order chi connectivity index (χ0) is 30.3. The molecule has 4 rings (SSSR count). The molecule has 0 saturated carbocycles. The number of alkyl halides is 3. The Hall–Kier alpha value is -2.52. The Morgan fingerprint density at radius 3 is 1.70 bits per heavy atom. The second kappa shape index (κ2) is 9.24. The van der Waals surface area contributed by atoms with Crippen molar-refractivity contribution >= 4 is 95.8 Å². The molecule has 0 spiro atoms. The first-order valence-corrected chi connectivity index (χ1v) is 11.1. The number of anilines is 3. The standard InChI is InChI=1S/C20H8B10F5N5/c21-16(22)17(23,24)19(27,28)40(20(29,30)18(16,25)26)13-2-8(15(33,34)35)1-11(6-13)37-14-36-7-39(38-14)12-4-9(31)3-10(32)5-12/h1-7H,(H,37,38). The first kappa shape index (κ1) is 30.4. The molecule has 0 bridgehead atoms. The Labute approximate surface area is 240 Å². The van der Waals surface area contributed by atoms with Crippen LogP contribution in [-0.4, -0.2) is 104 Å². The molecule has 20 heteroatoms. The van der Waals surface area contributed by atoms with E-state index in [1.807, 2.05) is 0 Å². The van der Waals surface area contributed by atoms with E-state index in [-0.39, 0.29) is 17.3 Å². The highest BCUT2D eigenvalue weighted by atomic mass is 19.4. The van der Waals surface area contributed by atoms with Gasteiger partial charge in [-0.25, -0.2) is 13.5 Å². The van der Waals surface area contributed by atoms with Crippen molar-refractivity contribution in [2.75, 3.05) is 10.2 Å². The van der Waals surface area contributed by atoms with Gasteiger partial charge in [-0.05, 0) is 41.0 Å². The zero-order valence-corrected chi connectivity index (χ0v) is 20.5. The molecule has 1 N–H and O–H groups in total. The first-order chi connectivity index (χ1) is 18.0. The third kappa shape index (κ3) is 4.53. The number of hydrogen-bond acceptors (Lipinski definition) is 4. The lowest BCUT2D eigenvalue weighted by Crippen LogP contribution is -2.81.